The van der Waals surface area contributed by atoms with Gasteiger partial charge >= 0.3 is 13.1 Å². The largest absolute Gasteiger partial charge is 0.495 e. The third-order valence-corrected chi connectivity index (χ3v) is 5.92. The van der Waals surface area contributed by atoms with Crippen molar-refractivity contribution in [2.75, 3.05) is 18.5 Å². The van der Waals surface area contributed by atoms with E-state index in [0.29, 0.717) is 25.0 Å². The Morgan fingerprint density at radius 2 is 1.79 bits per heavy atom. The van der Waals surface area contributed by atoms with E-state index in [1.165, 1.54) is 12.1 Å². The zero-order chi connectivity index (χ0) is 20.7. The Bertz CT molecular complexity index is 717. The molecule has 0 spiro atoms. The molecule has 2 aliphatic rings. The highest BCUT2D eigenvalue weighted by Crippen LogP contribution is 2.42. The van der Waals surface area contributed by atoms with Gasteiger partial charge in [0.2, 0.25) is 0 Å². The molecule has 5 nitrogen and oxygen atoms in total. The first-order valence-electron chi connectivity index (χ1n) is 9.81. The maximum atomic E-state index is 14.5. The van der Waals surface area contributed by atoms with Crippen molar-refractivity contribution in [2.24, 2.45) is 11.8 Å². The van der Waals surface area contributed by atoms with Gasteiger partial charge in [-0.15, -0.1) is 0 Å². The number of carbonyl (C=O) groups is 1. The number of hydrogen-bond acceptors (Lipinski definition) is 5. The monoisotopic (exact) mass is 395 g/mol. The molecule has 1 saturated carbocycles. The standard InChI is InChI=1S/C20H28BF2NO4/c1-6-26-18(25)14-9-12(14)7-8-24-17-15(22)10-13(11-16(17)23)21-27-19(2,3)20(4,5)28-21/h10-12,14,24H,6-9H2,1-5H3. The maximum Gasteiger partial charge on any atom is 0.495 e. The molecule has 1 aromatic rings. The Labute approximate surface area is 165 Å². The summed E-state index contributed by atoms with van der Waals surface area (Å²) < 4.78 is 45.7. The zero-order valence-electron chi connectivity index (χ0n) is 17.1. The van der Waals surface area contributed by atoms with Crippen LogP contribution in [0, 0.1) is 23.5 Å². The molecule has 154 valence electrons. The van der Waals surface area contributed by atoms with E-state index in [0.717, 1.165) is 6.42 Å². The molecule has 2 unspecified atom stereocenters. The molecule has 0 aromatic heterocycles. The quantitative estimate of drug-likeness (QED) is 0.568. The van der Waals surface area contributed by atoms with Crippen LogP contribution in [0.15, 0.2) is 12.1 Å². The van der Waals surface area contributed by atoms with Gasteiger partial charge in [0, 0.05) is 6.54 Å². The van der Waals surface area contributed by atoms with Crippen LogP contribution in [0.3, 0.4) is 0 Å². The molecule has 0 amide bonds. The zero-order valence-corrected chi connectivity index (χ0v) is 17.1. The van der Waals surface area contributed by atoms with Crippen LogP contribution in [0.4, 0.5) is 14.5 Å². The molecule has 28 heavy (non-hydrogen) atoms. The number of carbonyl (C=O) groups excluding carboxylic acids is 1. The second-order valence-corrected chi connectivity index (χ2v) is 8.52. The van der Waals surface area contributed by atoms with E-state index < -0.39 is 30.0 Å². The molecule has 1 heterocycles. The molecule has 1 aliphatic heterocycles. The molecule has 2 atom stereocenters. The molecule has 1 aliphatic carbocycles. The van der Waals surface area contributed by atoms with Crippen LogP contribution in [-0.4, -0.2) is 37.4 Å². The number of rotatable bonds is 7. The number of anilines is 1. The lowest BCUT2D eigenvalue weighted by atomic mass is 9.79. The lowest BCUT2D eigenvalue weighted by Crippen LogP contribution is -2.41. The van der Waals surface area contributed by atoms with Crippen LogP contribution < -0.4 is 10.8 Å². The molecule has 1 aromatic carbocycles. The smallest absolute Gasteiger partial charge is 0.466 e. The molecule has 0 radical (unpaired) electrons. The number of esters is 1. The molecule has 0 bridgehead atoms. The molecular formula is C20H28BF2NO4. The summed E-state index contributed by atoms with van der Waals surface area (Å²) in [5.41, 5.74) is -1.03. The summed E-state index contributed by atoms with van der Waals surface area (Å²) in [5, 5.41) is 2.81. The predicted molar refractivity (Wildman–Crippen MR) is 103 cm³/mol. The first-order chi connectivity index (χ1) is 13.1. The summed E-state index contributed by atoms with van der Waals surface area (Å²) in [5.74, 6) is -1.44. The fourth-order valence-corrected chi connectivity index (χ4v) is 3.36. The van der Waals surface area contributed by atoms with Crippen LogP contribution in [0.25, 0.3) is 0 Å². The minimum Gasteiger partial charge on any atom is -0.466 e. The fraction of sp³-hybridized carbons (Fsp3) is 0.650. The summed E-state index contributed by atoms with van der Waals surface area (Å²) in [6, 6.07) is 2.48. The second kappa shape index (κ2) is 7.63. The summed E-state index contributed by atoms with van der Waals surface area (Å²) in [6.07, 6.45) is 1.42. The highest BCUT2D eigenvalue weighted by molar-refractivity contribution is 6.62. The molecule has 3 rings (SSSR count). The molecule has 1 N–H and O–H groups in total. The average Bonchev–Trinajstić information content (AvgIpc) is 3.31. The van der Waals surface area contributed by atoms with E-state index in [4.69, 9.17) is 14.0 Å². The van der Waals surface area contributed by atoms with Gasteiger partial charge in [0.05, 0.1) is 23.7 Å². The number of halogens is 2. The van der Waals surface area contributed by atoms with Crippen LogP contribution in [0.2, 0.25) is 0 Å². The number of hydrogen-bond donors (Lipinski definition) is 1. The van der Waals surface area contributed by atoms with Crippen molar-refractivity contribution in [1.82, 2.24) is 0 Å². The molecule has 8 heteroatoms. The van der Waals surface area contributed by atoms with Gasteiger partial charge in [-0.3, -0.25) is 4.79 Å². The van der Waals surface area contributed by atoms with Crippen molar-refractivity contribution >= 4 is 24.2 Å². The summed E-state index contributed by atoms with van der Waals surface area (Å²) >= 11 is 0. The van der Waals surface area contributed by atoms with Gasteiger partial charge < -0.3 is 19.4 Å². The number of nitrogens with one attached hydrogen (secondary N) is 1. The average molecular weight is 395 g/mol. The molecule has 1 saturated heterocycles. The molecular weight excluding hydrogens is 367 g/mol. The van der Waals surface area contributed by atoms with Gasteiger partial charge in [0.25, 0.3) is 0 Å². The Morgan fingerprint density at radius 1 is 1.21 bits per heavy atom. The number of ether oxygens (including phenoxy) is 1. The van der Waals surface area contributed by atoms with Crippen molar-refractivity contribution in [3.05, 3.63) is 23.8 Å². The lowest BCUT2D eigenvalue weighted by Gasteiger charge is -2.32. The Balaban J connectivity index is 1.59. The highest BCUT2D eigenvalue weighted by atomic mass is 19.1. The second-order valence-electron chi connectivity index (χ2n) is 8.52. The summed E-state index contributed by atoms with van der Waals surface area (Å²) in [7, 11) is -0.820. The Hall–Kier alpha value is -1.67. The van der Waals surface area contributed by atoms with E-state index in [1.807, 2.05) is 27.7 Å². The minimum absolute atomic E-state index is 0.0813. The predicted octanol–water partition coefficient (Wildman–Crippen LogP) is 3.27. The van der Waals surface area contributed by atoms with Crippen LogP contribution in [0.1, 0.15) is 47.5 Å². The third kappa shape index (κ3) is 4.18. The topological polar surface area (TPSA) is 56.8 Å². The van der Waals surface area contributed by atoms with E-state index in [2.05, 4.69) is 5.32 Å². The SMILES string of the molecule is CCOC(=O)C1CC1CCNc1c(F)cc(B2OC(C)(C)C(C)(C)O2)cc1F. The Kier molecular flexibility index (Phi) is 5.74. The van der Waals surface area contributed by atoms with E-state index in [9.17, 15) is 13.6 Å². The summed E-state index contributed by atoms with van der Waals surface area (Å²) in [4.78, 5) is 11.6. The first-order valence-corrected chi connectivity index (χ1v) is 9.81. The van der Waals surface area contributed by atoms with Crippen molar-refractivity contribution < 1.29 is 27.6 Å². The van der Waals surface area contributed by atoms with E-state index >= 15 is 0 Å². The van der Waals surface area contributed by atoms with Gasteiger partial charge in [-0.05, 0) is 71.0 Å². The van der Waals surface area contributed by atoms with Crippen LogP contribution in [0.5, 0.6) is 0 Å². The first kappa shape index (κ1) is 21.1. The van der Waals surface area contributed by atoms with Gasteiger partial charge in [0.15, 0.2) is 0 Å². The fourth-order valence-electron chi connectivity index (χ4n) is 3.36. The highest BCUT2D eigenvalue weighted by Gasteiger charge is 2.52. The van der Waals surface area contributed by atoms with Gasteiger partial charge in [0.1, 0.15) is 17.3 Å². The van der Waals surface area contributed by atoms with Crippen LogP contribution >= 0.6 is 0 Å². The normalized spacial score (nSPS) is 24.9. The van der Waals surface area contributed by atoms with E-state index in [-0.39, 0.29) is 23.5 Å². The third-order valence-electron chi connectivity index (χ3n) is 5.92. The lowest BCUT2D eigenvalue weighted by molar-refractivity contribution is -0.145. The number of benzene rings is 1. The van der Waals surface area contributed by atoms with Crippen molar-refractivity contribution in [1.29, 1.82) is 0 Å². The van der Waals surface area contributed by atoms with Crippen molar-refractivity contribution in [3.63, 3.8) is 0 Å². The minimum atomic E-state index is -0.820. The summed E-state index contributed by atoms with van der Waals surface area (Å²) in [6.45, 7) is 10.1. The maximum absolute atomic E-state index is 14.5. The molecule has 2 fully saturated rings. The van der Waals surface area contributed by atoms with Gasteiger partial charge in [-0.25, -0.2) is 8.78 Å². The van der Waals surface area contributed by atoms with E-state index in [1.54, 1.807) is 6.92 Å². The van der Waals surface area contributed by atoms with Gasteiger partial charge in [-0.2, -0.15) is 0 Å². The van der Waals surface area contributed by atoms with Crippen LogP contribution in [-0.2, 0) is 18.8 Å². The van der Waals surface area contributed by atoms with Gasteiger partial charge in [-0.1, -0.05) is 0 Å². The van der Waals surface area contributed by atoms with Crippen molar-refractivity contribution in [3.8, 4) is 0 Å². The Morgan fingerprint density at radius 3 is 2.32 bits per heavy atom. The van der Waals surface area contributed by atoms with Crippen molar-refractivity contribution in [2.45, 2.75) is 58.7 Å².